The third kappa shape index (κ3) is 2.56. The first kappa shape index (κ1) is 15.4. The van der Waals surface area contributed by atoms with Crippen molar-refractivity contribution in [2.45, 2.75) is 12.3 Å². The predicted octanol–water partition coefficient (Wildman–Crippen LogP) is 4.45. The van der Waals surface area contributed by atoms with Gasteiger partial charge < -0.3 is 5.32 Å². The van der Waals surface area contributed by atoms with Crippen molar-refractivity contribution in [2.75, 3.05) is 0 Å². The summed E-state index contributed by atoms with van der Waals surface area (Å²) in [5, 5.41) is 3.10. The predicted molar refractivity (Wildman–Crippen MR) is 101 cm³/mol. The van der Waals surface area contributed by atoms with Crippen LogP contribution in [-0.4, -0.2) is 5.91 Å². The van der Waals surface area contributed by atoms with Crippen LogP contribution in [0.4, 0.5) is 0 Å². The van der Waals surface area contributed by atoms with Crippen molar-refractivity contribution in [2.24, 2.45) is 0 Å². The number of rotatable bonds is 3. The summed E-state index contributed by atoms with van der Waals surface area (Å²) in [6, 6.07) is 28.1. The normalized spacial score (nSPS) is 15.6. The summed E-state index contributed by atoms with van der Waals surface area (Å²) >= 11 is 0. The molecule has 2 heteroatoms. The zero-order valence-corrected chi connectivity index (χ0v) is 14.1. The van der Waals surface area contributed by atoms with E-state index in [9.17, 15) is 4.79 Å². The Morgan fingerprint density at radius 2 is 1.24 bits per heavy atom. The number of aryl methyl sites for hydroxylation is 1. The third-order valence-electron chi connectivity index (χ3n) is 4.79. The van der Waals surface area contributed by atoms with Crippen LogP contribution < -0.4 is 5.32 Å². The highest BCUT2D eigenvalue weighted by molar-refractivity contribution is 6.05. The van der Waals surface area contributed by atoms with Gasteiger partial charge in [-0.1, -0.05) is 90.5 Å². The van der Waals surface area contributed by atoms with Gasteiger partial charge in [0.1, 0.15) is 5.41 Å². The largest absolute Gasteiger partial charge is 0.324 e. The Hall–Kier alpha value is -3.13. The van der Waals surface area contributed by atoms with Crippen molar-refractivity contribution in [1.82, 2.24) is 5.32 Å². The average molecular weight is 325 g/mol. The second-order valence-electron chi connectivity index (χ2n) is 6.42. The second kappa shape index (κ2) is 6.06. The molecule has 2 nitrogen and oxygen atoms in total. The minimum Gasteiger partial charge on any atom is -0.324 e. The van der Waals surface area contributed by atoms with Gasteiger partial charge in [-0.3, -0.25) is 4.79 Å². The molecule has 0 saturated carbocycles. The molecule has 0 aromatic heterocycles. The van der Waals surface area contributed by atoms with Crippen LogP contribution in [0.5, 0.6) is 0 Å². The molecule has 1 aliphatic heterocycles. The van der Waals surface area contributed by atoms with E-state index in [-0.39, 0.29) is 5.91 Å². The minimum atomic E-state index is -0.803. The number of carbonyl (C=O) groups is 1. The van der Waals surface area contributed by atoms with Crippen LogP contribution in [0.15, 0.2) is 91.0 Å². The molecule has 4 rings (SSSR count). The molecule has 3 aromatic rings. The maximum absolute atomic E-state index is 13.2. The molecule has 1 amide bonds. The number of hydrogen-bond donors (Lipinski definition) is 1. The van der Waals surface area contributed by atoms with E-state index in [4.69, 9.17) is 0 Å². The Morgan fingerprint density at radius 3 is 1.76 bits per heavy atom. The summed E-state index contributed by atoms with van der Waals surface area (Å²) in [5.74, 6) is -0.0134. The molecule has 25 heavy (non-hydrogen) atoms. The first-order valence-electron chi connectivity index (χ1n) is 8.42. The zero-order valence-electron chi connectivity index (χ0n) is 14.1. The molecular formula is C23H19NO. The number of hydrogen-bond acceptors (Lipinski definition) is 1. The van der Waals surface area contributed by atoms with E-state index in [1.54, 1.807) is 0 Å². The van der Waals surface area contributed by atoms with Crippen molar-refractivity contribution in [3.05, 3.63) is 113 Å². The van der Waals surface area contributed by atoms with Crippen LogP contribution in [0.3, 0.4) is 0 Å². The van der Waals surface area contributed by atoms with Crippen molar-refractivity contribution in [1.29, 1.82) is 0 Å². The van der Waals surface area contributed by atoms with E-state index in [1.165, 1.54) is 5.56 Å². The fourth-order valence-corrected chi connectivity index (χ4v) is 3.43. The van der Waals surface area contributed by atoms with Crippen molar-refractivity contribution < 1.29 is 4.79 Å². The van der Waals surface area contributed by atoms with Crippen molar-refractivity contribution in [3.63, 3.8) is 0 Å². The lowest BCUT2D eigenvalue weighted by atomic mass is 9.74. The number of benzene rings is 3. The molecule has 1 aliphatic rings. The molecule has 0 saturated heterocycles. The van der Waals surface area contributed by atoms with Gasteiger partial charge in [-0.2, -0.15) is 0 Å². The van der Waals surface area contributed by atoms with E-state index in [2.05, 4.69) is 30.4 Å². The Labute approximate surface area is 147 Å². The fraction of sp³-hybridized carbons (Fsp3) is 0.0870. The molecule has 0 aliphatic carbocycles. The van der Waals surface area contributed by atoms with Gasteiger partial charge in [0.15, 0.2) is 0 Å². The molecule has 3 aromatic carbocycles. The minimum absolute atomic E-state index is 0.0134. The Bertz CT molecular complexity index is 885. The molecule has 0 fully saturated rings. The summed E-state index contributed by atoms with van der Waals surface area (Å²) in [4.78, 5) is 13.2. The van der Waals surface area contributed by atoms with Gasteiger partial charge in [-0.05, 0) is 29.7 Å². The summed E-state index contributed by atoms with van der Waals surface area (Å²) < 4.78 is 0. The highest BCUT2D eigenvalue weighted by Gasteiger charge is 2.44. The lowest BCUT2D eigenvalue weighted by Crippen LogP contribution is -2.37. The van der Waals surface area contributed by atoms with Crippen LogP contribution in [0.1, 0.15) is 22.3 Å². The van der Waals surface area contributed by atoms with E-state index in [1.807, 2.05) is 72.8 Å². The van der Waals surface area contributed by atoms with Crippen LogP contribution in [0, 0.1) is 6.92 Å². The molecule has 0 spiro atoms. The van der Waals surface area contributed by atoms with E-state index < -0.39 is 5.41 Å². The standard InChI is InChI=1S/C23H19NO/c1-17-12-14-18(15-13-17)21-16-23(22(25)24-21,19-8-4-2-5-9-19)20-10-6-3-7-11-20/h2-16H,1H3,(H,24,25). The van der Waals surface area contributed by atoms with Crippen molar-refractivity contribution >= 4 is 11.6 Å². The van der Waals surface area contributed by atoms with Gasteiger partial charge in [0, 0.05) is 5.70 Å². The quantitative estimate of drug-likeness (QED) is 0.757. The highest BCUT2D eigenvalue weighted by atomic mass is 16.2. The number of nitrogens with one attached hydrogen (secondary N) is 1. The van der Waals surface area contributed by atoms with Crippen LogP contribution in [0.25, 0.3) is 5.70 Å². The zero-order chi connectivity index (χ0) is 17.3. The molecule has 0 radical (unpaired) electrons. The SMILES string of the molecule is Cc1ccc(C2=CC(c3ccccc3)(c3ccccc3)C(=O)N2)cc1. The maximum atomic E-state index is 13.2. The molecule has 1 heterocycles. The van der Waals surface area contributed by atoms with Gasteiger partial charge in [0.05, 0.1) is 0 Å². The third-order valence-corrected chi connectivity index (χ3v) is 4.79. The maximum Gasteiger partial charge on any atom is 0.243 e. The van der Waals surface area contributed by atoms with Gasteiger partial charge >= 0.3 is 0 Å². The van der Waals surface area contributed by atoms with Gasteiger partial charge in [0.25, 0.3) is 0 Å². The molecular weight excluding hydrogens is 306 g/mol. The Balaban J connectivity index is 1.92. The molecule has 0 atom stereocenters. The monoisotopic (exact) mass is 325 g/mol. The molecule has 0 unspecified atom stereocenters. The van der Waals surface area contributed by atoms with Crippen LogP contribution in [-0.2, 0) is 10.2 Å². The Morgan fingerprint density at radius 1 is 0.720 bits per heavy atom. The summed E-state index contributed by atoms with van der Waals surface area (Å²) in [7, 11) is 0. The lowest BCUT2D eigenvalue weighted by Gasteiger charge is -2.26. The number of carbonyl (C=O) groups excluding carboxylic acids is 1. The van der Waals surface area contributed by atoms with E-state index in [0.717, 1.165) is 22.4 Å². The molecule has 0 bridgehead atoms. The summed E-state index contributed by atoms with van der Waals surface area (Å²) in [6.45, 7) is 2.06. The first-order chi connectivity index (χ1) is 12.2. The highest BCUT2D eigenvalue weighted by Crippen LogP contribution is 2.40. The second-order valence-corrected chi connectivity index (χ2v) is 6.42. The lowest BCUT2D eigenvalue weighted by molar-refractivity contribution is -0.121. The smallest absolute Gasteiger partial charge is 0.243 e. The van der Waals surface area contributed by atoms with E-state index in [0.29, 0.717) is 0 Å². The van der Waals surface area contributed by atoms with Gasteiger partial charge in [-0.15, -0.1) is 0 Å². The van der Waals surface area contributed by atoms with Crippen molar-refractivity contribution in [3.8, 4) is 0 Å². The summed E-state index contributed by atoms with van der Waals surface area (Å²) in [5.41, 5.74) is 4.22. The van der Waals surface area contributed by atoms with Gasteiger partial charge in [-0.25, -0.2) is 0 Å². The number of amides is 1. The topological polar surface area (TPSA) is 29.1 Å². The van der Waals surface area contributed by atoms with Crippen LogP contribution in [0.2, 0.25) is 0 Å². The average Bonchev–Trinajstić information content (AvgIpc) is 3.02. The van der Waals surface area contributed by atoms with Crippen LogP contribution >= 0.6 is 0 Å². The first-order valence-corrected chi connectivity index (χ1v) is 8.42. The molecule has 122 valence electrons. The molecule has 1 N–H and O–H groups in total. The van der Waals surface area contributed by atoms with Gasteiger partial charge in [0.2, 0.25) is 5.91 Å². The fourth-order valence-electron chi connectivity index (χ4n) is 3.43. The van der Waals surface area contributed by atoms with E-state index >= 15 is 0 Å². The summed E-state index contributed by atoms with van der Waals surface area (Å²) in [6.07, 6.45) is 2.06. The Kier molecular flexibility index (Phi) is 3.73.